The van der Waals surface area contributed by atoms with Crippen LogP contribution in [0.25, 0.3) is 0 Å². The summed E-state index contributed by atoms with van der Waals surface area (Å²) in [7, 11) is 0. The Labute approximate surface area is 119 Å². The van der Waals surface area contributed by atoms with E-state index in [-0.39, 0.29) is 0 Å². The molecule has 0 aliphatic carbocycles. The van der Waals surface area contributed by atoms with Gasteiger partial charge in [0.05, 0.1) is 0 Å². The van der Waals surface area contributed by atoms with Crippen LogP contribution in [0.5, 0.6) is 0 Å². The molecule has 0 fully saturated rings. The summed E-state index contributed by atoms with van der Waals surface area (Å²) >= 11 is 5.63. The second-order valence-electron chi connectivity index (χ2n) is 4.47. The van der Waals surface area contributed by atoms with Gasteiger partial charge in [-0.2, -0.15) is 0 Å². The Balaban J connectivity index is 3.14. The third kappa shape index (κ3) is 15.4. The highest BCUT2D eigenvalue weighted by Crippen LogP contribution is 2.07. The highest BCUT2D eigenvalue weighted by atomic mass is 35.5. The molecule has 0 saturated heterocycles. The summed E-state index contributed by atoms with van der Waals surface area (Å²) in [5.74, 6) is 13.5. The molecule has 18 heavy (non-hydrogen) atoms. The second-order valence-corrected chi connectivity index (χ2v) is 4.85. The molecule has 0 aliphatic rings. The second kappa shape index (κ2) is 16.4. The summed E-state index contributed by atoms with van der Waals surface area (Å²) in [6.45, 7) is 2.09. The fourth-order valence-corrected chi connectivity index (χ4v) is 1.86. The molecule has 0 radical (unpaired) electrons. The summed E-state index contributed by atoms with van der Waals surface area (Å²) in [4.78, 5) is 0. The van der Waals surface area contributed by atoms with Crippen LogP contribution in [0.1, 0.15) is 77.6 Å². The number of hydrogen-bond donors (Lipinski definition) is 0. The number of rotatable bonds is 9. The summed E-state index contributed by atoms with van der Waals surface area (Å²) in [5.41, 5.74) is 0. The highest BCUT2D eigenvalue weighted by molar-refractivity contribution is 6.17. The topological polar surface area (TPSA) is 0 Å². The molecule has 0 bridgehead atoms. The molecule has 0 aliphatic heterocycles. The number of unbranched alkanes of at least 4 members (excludes halogenated alkanes) is 8. The maximum atomic E-state index is 5.63. The van der Waals surface area contributed by atoms with E-state index in [0.717, 1.165) is 38.0 Å². The average Bonchev–Trinajstić information content (AvgIpc) is 2.39. The first-order valence-corrected chi connectivity index (χ1v) is 7.92. The van der Waals surface area contributed by atoms with E-state index in [1.807, 2.05) is 0 Å². The molecule has 0 aromatic carbocycles. The summed E-state index contributed by atoms with van der Waals surface area (Å²) in [5, 5.41) is 0. The molecule has 0 saturated carbocycles. The van der Waals surface area contributed by atoms with Crippen LogP contribution in [0.2, 0.25) is 0 Å². The van der Waals surface area contributed by atoms with Gasteiger partial charge in [-0.15, -0.1) is 35.3 Å². The van der Waals surface area contributed by atoms with E-state index in [9.17, 15) is 0 Å². The minimum atomic E-state index is 0.814. The third-order valence-electron chi connectivity index (χ3n) is 2.72. The molecule has 0 amide bonds. The Kier molecular flexibility index (Phi) is 15.9. The molecule has 102 valence electrons. The first-order valence-electron chi connectivity index (χ1n) is 7.39. The Hall–Kier alpha value is -0.590. The first kappa shape index (κ1) is 17.4. The predicted molar refractivity (Wildman–Crippen MR) is 82.7 cm³/mol. The Morgan fingerprint density at radius 2 is 1.11 bits per heavy atom. The van der Waals surface area contributed by atoms with Crippen molar-refractivity contribution in [1.29, 1.82) is 0 Å². The van der Waals surface area contributed by atoms with Gasteiger partial charge in [0.25, 0.3) is 0 Å². The van der Waals surface area contributed by atoms with E-state index in [4.69, 9.17) is 11.6 Å². The Morgan fingerprint density at radius 1 is 0.611 bits per heavy atom. The van der Waals surface area contributed by atoms with Gasteiger partial charge in [0, 0.05) is 31.6 Å². The largest absolute Gasteiger partial charge is 0.127 e. The zero-order chi connectivity index (χ0) is 13.3. The zero-order valence-electron chi connectivity index (χ0n) is 11.9. The Bertz CT molecular complexity index is 271. The molecular formula is C17H27Cl. The molecule has 0 nitrogen and oxygen atoms in total. The van der Waals surface area contributed by atoms with E-state index in [0.29, 0.717) is 0 Å². The zero-order valence-corrected chi connectivity index (χ0v) is 12.6. The van der Waals surface area contributed by atoms with Gasteiger partial charge in [-0.3, -0.25) is 0 Å². The van der Waals surface area contributed by atoms with Crippen molar-refractivity contribution in [1.82, 2.24) is 0 Å². The standard InChI is InChI=1S/C17H27Cl/c1-2-3-4-5-6-7-8-9-10-11-12-13-14-15-16-17-18/h2,5-7,10-17H2,1H3. The number of alkyl halides is 1. The van der Waals surface area contributed by atoms with Gasteiger partial charge < -0.3 is 0 Å². The van der Waals surface area contributed by atoms with E-state index in [2.05, 4.69) is 30.6 Å². The molecule has 0 rings (SSSR count). The van der Waals surface area contributed by atoms with Crippen LogP contribution in [0.3, 0.4) is 0 Å². The normalized spacial score (nSPS) is 9.22. The van der Waals surface area contributed by atoms with Crippen molar-refractivity contribution in [3.8, 4) is 23.7 Å². The molecule has 0 unspecified atom stereocenters. The minimum absolute atomic E-state index is 0.814. The molecular weight excluding hydrogens is 240 g/mol. The lowest BCUT2D eigenvalue weighted by atomic mass is 10.1. The summed E-state index contributed by atoms with van der Waals surface area (Å²) < 4.78 is 0. The van der Waals surface area contributed by atoms with Crippen molar-refractivity contribution in [2.75, 3.05) is 5.88 Å². The van der Waals surface area contributed by atoms with Crippen LogP contribution in [0, 0.1) is 23.7 Å². The number of halogens is 1. The fourth-order valence-electron chi connectivity index (χ4n) is 1.67. The van der Waals surface area contributed by atoms with Gasteiger partial charge in [-0.25, -0.2) is 0 Å². The van der Waals surface area contributed by atoms with Crippen molar-refractivity contribution in [2.45, 2.75) is 77.6 Å². The molecule has 0 spiro atoms. The molecule has 0 atom stereocenters. The third-order valence-corrected chi connectivity index (χ3v) is 2.98. The first-order chi connectivity index (χ1) is 8.91. The lowest BCUT2D eigenvalue weighted by Gasteiger charge is -1.97. The van der Waals surface area contributed by atoms with Crippen LogP contribution in [0.15, 0.2) is 0 Å². The fraction of sp³-hybridized carbons (Fsp3) is 0.765. The lowest BCUT2D eigenvalue weighted by molar-refractivity contribution is 0.615. The van der Waals surface area contributed by atoms with Crippen LogP contribution in [-0.4, -0.2) is 5.88 Å². The molecule has 0 N–H and O–H groups in total. The van der Waals surface area contributed by atoms with Gasteiger partial charge >= 0.3 is 0 Å². The van der Waals surface area contributed by atoms with E-state index >= 15 is 0 Å². The summed E-state index contributed by atoms with van der Waals surface area (Å²) in [6, 6.07) is 0. The molecule has 0 aromatic heterocycles. The van der Waals surface area contributed by atoms with Crippen molar-refractivity contribution in [2.24, 2.45) is 0 Å². The minimum Gasteiger partial charge on any atom is -0.127 e. The van der Waals surface area contributed by atoms with E-state index < -0.39 is 0 Å². The summed E-state index contributed by atoms with van der Waals surface area (Å²) in [6.07, 6.45) is 12.9. The lowest BCUT2D eigenvalue weighted by Crippen LogP contribution is -1.80. The van der Waals surface area contributed by atoms with Crippen molar-refractivity contribution in [3.63, 3.8) is 0 Å². The number of hydrogen-bond acceptors (Lipinski definition) is 0. The highest BCUT2D eigenvalue weighted by Gasteiger charge is 1.89. The van der Waals surface area contributed by atoms with Crippen molar-refractivity contribution in [3.05, 3.63) is 0 Å². The molecule has 1 heteroatoms. The monoisotopic (exact) mass is 266 g/mol. The van der Waals surface area contributed by atoms with Crippen molar-refractivity contribution < 1.29 is 0 Å². The predicted octanol–water partition coefficient (Wildman–Crippen LogP) is 5.54. The van der Waals surface area contributed by atoms with Crippen molar-refractivity contribution >= 4 is 11.6 Å². The van der Waals surface area contributed by atoms with E-state index in [1.165, 1.54) is 38.5 Å². The van der Waals surface area contributed by atoms with Gasteiger partial charge in [-0.05, 0) is 19.3 Å². The Morgan fingerprint density at radius 3 is 1.72 bits per heavy atom. The average molecular weight is 267 g/mol. The smallest absolute Gasteiger partial charge is 0.0223 e. The van der Waals surface area contributed by atoms with Crippen LogP contribution >= 0.6 is 11.6 Å². The van der Waals surface area contributed by atoms with Gasteiger partial charge in [0.2, 0.25) is 0 Å². The van der Waals surface area contributed by atoms with E-state index in [1.54, 1.807) is 0 Å². The quantitative estimate of drug-likeness (QED) is 0.292. The maximum absolute atomic E-state index is 5.63. The molecule has 0 aromatic rings. The SMILES string of the molecule is CCC#CCCCC#CCCCCCCCCCl. The van der Waals surface area contributed by atoms with Gasteiger partial charge in [-0.1, -0.05) is 32.6 Å². The van der Waals surface area contributed by atoms with Gasteiger partial charge in [0.15, 0.2) is 0 Å². The maximum Gasteiger partial charge on any atom is 0.0223 e. The molecule has 0 heterocycles. The van der Waals surface area contributed by atoms with Crippen LogP contribution in [0.4, 0.5) is 0 Å². The van der Waals surface area contributed by atoms with Crippen LogP contribution < -0.4 is 0 Å². The van der Waals surface area contributed by atoms with Gasteiger partial charge in [0.1, 0.15) is 0 Å². The van der Waals surface area contributed by atoms with Crippen LogP contribution in [-0.2, 0) is 0 Å².